The average molecular weight is 487 g/mol. The molecule has 2 heterocycles. The Bertz CT molecular complexity index is 1300. The van der Waals surface area contributed by atoms with Gasteiger partial charge < -0.3 is 4.57 Å². The van der Waals surface area contributed by atoms with E-state index in [1.54, 1.807) is 53.2 Å². The Labute approximate surface area is 180 Å². The number of benzene rings is 2. The van der Waals surface area contributed by atoms with Crippen molar-refractivity contribution in [2.24, 2.45) is 5.14 Å². The van der Waals surface area contributed by atoms with Crippen molar-refractivity contribution in [2.45, 2.75) is 4.90 Å². The molecule has 0 aliphatic carbocycles. The number of hydrogen-bond acceptors (Lipinski definition) is 4. The monoisotopic (exact) mass is 486 g/mol. The third-order valence-corrected chi connectivity index (χ3v) is 5.90. The molecule has 1 aliphatic heterocycles. The average Bonchev–Trinajstić information content (AvgIpc) is 3.27. The van der Waals surface area contributed by atoms with Crippen LogP contribution in [0.2, 0.25) is 0 Å². The number of nitrogens with zero attached hydrogens (tertiary/aromatic N) is 2. The van der Waals surface area contributed by atoms with Crippen molar-refractivity contribution >= 4 is 49.5 Å². The van der Waals surface area contributed by atoms with E-state index in [-0.39, 0.29) is 10.5 Å². The molecule has 1 aromatic heterocycles. The molecule has 0 radical (unpaired) electrons. The maximum absolute atomic E-state index is 12.8. The fourth-order valence-electron chi connectivity index (χ4n) is 3.05. The number of aromatic nitrogens is 1. The molecular formula is C20H15BrN4O4S. The molecule has 0 spiro atoms. The summed E-state index contributed by atoms with van der Waals surface area (Å²) in [6.07, 6.45) is 3.23. The summed E-state index contributed by atoms with van der Waals surface area (Å²) in [7, 11) is -3.79. The molecule has 2 aromatic carbocycles. The maximum Gasteiger partial charge on any atom is 0.282 e. The highest BCUT2D eigenvalue weighted by atomic mass is 79.9. The predicted octanol–water partition coefficient (Wildman–Crippen LogP) is 2.35. The number of hydrazine groups is 1. The zero-order chi connectivity index (χ0) is 21.5. The normalized spacial score (nSPS) is 15.7. The summed E-state index contributed by atoms with van der Waals surface area (Å²) in [5, 5.41) is 6.32. The molecule has 3 aromatic rings. The smallest absolute Gasteiger partial charge is 0.282 e. The zero-order valence-corrected chi connectivity index (χ0v) is 17.7. The molecule has 0 saturated carbocycles. The second-order valence-corrected chi connectivity index (χ2v) is 8.94. The Hall–Kier alpha value is -3.21. The van der Waals surface area contributed by atoms with Crippen LogP contribution in [0.3, 0.4) is 0 Å². The summed E-state index contributed by atoms with van der Waals surface area (Å²) in [6, 6.07) is 16.5. The predicted molar refractivity (Wildman–Crippen MR) is 115 cm³/mol. The number of sulfonamides is 1. The van der Waals surface area contributed by atoms with E-state index < -0.39 is 21.8 Å². The largest absolute Gasteiger partial charge is 0.317 e. The Morgan fingerprint density at radius 1 is 0.967 bits per heavy atom. The number of hydrogen-bond donors (Lipinski definition) is 2. The number of carbonyl (C=O) groups is 2. The standard InChI is InChI=1S/C20H15BrN4O4S/c21-13-3-1-4-16(11-13)25-20(27)18(19(26)23-25)12-15-5-2-10-24(15)14-6-8-17(9-7-14)30(22,28)29/h1-12H,(H,23,26)(H2,22,28,29)/b18-12+. The van der Waals surface area contributed by atoms with E-state index in [9.17, 15) is 18.0 Å². The molecule has 1 fully saturated rings. The molecule has 8 nitrogen and oxygen atoms in total. The third kappa shape index (κ3) is 3.80. The number of primary sulfonamides is 1. The van der Waals surface area contributed by atoms with Gasteiger partial charge in [0.1, 0.15) is 5.57 Å². The van der Waals surface area contributed by atoms with E-state index >= 15 is 0 Å². The van der Waals surface area contributed by atoms with Gasteiger partial charge in [-0.1, -0.05) is 22.0 Å². The van der Waals surface area contributed by atoms with Gasteiger partial charge in [0, 0.05) is 22.1 Å². The fourth-order valence-corrected chi connectivity index (χ4v) is 3.95. The molecular weight excluding hydrogens is 472 g/mol. The van der Waals surface area contributed by atoms with Gasteiger partial charge in [-0.15, -0.1) is 0 Å². The first-order valence-electron chi connectivity index (χ1n) is 8.67. The van der Waals surface area contributed by atoms with Gasteiger partial charge in [-0.3, -0.25) is 15.0 Å². The second-order valence-electron chi connectivity index (χ2n) is 6.46. The van der Waals surface area contributed by atoms with Gasteiger partial charge in [0.2, 0.25) is 10.0 Å². The van der Waals surface area contributed by atoms with E-state index in [1.807, 2.05) is 6.07 Å². The number of halogens is 1. The molecule has 0 unspecified atom stereocenters. The number of carbonyl (C=O) groups excluding carboxylic acids is 2. The van der Waals surface area contributed by atoms with Crippen molar-refractivity contribution in [1.29, 1.82) is 0 Å². The summed E-state index contributed by atoms with van der Waals surface area (Å²) in [5.74, 6) is -0.993. The van der Waals surface area contributed by atoms with Gasteiger partial charge >= 0.3 is 0 Å². The van der Waals surface area contributed by atoms with Crippen LogP contribution in [0.25, 0.3) is 11.8 Å². The molecule has 2 amide bonds. The number of rotatable bonds is 4. The minimum absolute atomic E-state index is 0.00618. The molecule has 1 saturated heterocycles. The summed E-state index contributed by atoms with van der Waals surface area (Å²) in [6.45, 7) is 0. The van der Waals surface area contributed by atoms with Crippen LogP contribution in [0.5, 0.6) is 0 Å². The van der Waals surface area contributed by atoms with Crippen LogP contribution in [0, 0.1) is 0 Å². The highest BCUT2D eigenvalue weighted by Gasteiger charge is 2.34. The first-order valence-corrected chi connectivity index (χ1v) is 11.0. The van der Waals surface area contributed by atoms with Gasteiger partial charge in [0.25, 0.3) is 11.8 Å². The van der Waals surface area contributed by atoms with Crippen molar-refractivity contribution in [3.8, 4) is 5.69 Å². The highest BCUT2D eigenvalue weighted by molar-refractivity contribution is 9.10. The van der Waals surface area contributed by atoms with Crippen molar-refractivity contribution in [3.05, 3.63) is 82.6 Å². The van der Waals surface area contributed by atoms with Crippen molar-refractivity contribution in [3.63, 3.8) is 0 Å². The molecule has 30 heavy (non-hydrogen) atoms. The zero-order valence-electron chi connectivity index (χ0n) is 15.3. The number of nitrogens with two attached hydrogens (primary N) is 1. The third-order valence-electron chi connectivity index (χ3n) is 4.47. The minimum Gasteiger partial charge on any atom is -0.317 e. The number of amides is 2. The Morgan fingerprint density at radius 3 is 2.37 bits per heavy atom. The Balaban J connectivity index is 1.67. The summed E-state index contributed by atoms with van der Waals surface area (Å²) >= 11 is 3.35. The van der Waals surface area contributed by atoms with E-state index in [2.05, 4.69) is 21.4 Å². The van der Waals surface area contributed by atoms with Crippen LogP contribution in [0.15, 0.2) is 81.8 Å². The molecule has 152 valence electrons. The Kier molecular flexibility index (Phi) is 5.06. The van der Waals surface area contributed by atoms with E-state index in [4.69, 9.17) is 5.14 Å². The second kappa shape index (κ2) is 7.56. The Morgan fingerprint density at radius 2 is 1.70 bits per heavy atom. The van der Waals surface area contributed by atoms with Crippen LogP contribution in [0.1, 0.15) is 5.69 Å². The minimum atomic E-state index is -3.79. The van der Waals surface area contributed by atoms with Crippen LogP contribution in [0.4, 0.5) is 5.69 Å². The molecule has 10 heteroatoms. The number of nitrogens with one attached hydrogen (secondary N) is 1. The van der Waals surface area contributed by atoms with Gasteiger partial charge in [0.05, 0.1) is 10.6 Å². The van der Waals surface area contributed by atoms with Crippen LogP contribution >= 0.6 is 15.9 Å². The molecule has 3 N–H and O–H groups in total. The van der Waals surface area contributed by atoms with Crippen LogP contribution in [-0.2, 0) is 19.6 Å². The maximum atomic E-state index is 12.8. The lowest BCUT2D eigenvalue weighted by Crippen LogP contribution is -2.35. The quantitative estimate of drug-likeness (QED) is 0.434. The summed E-state index contributed by atoms with van der Waals surface area (Å²) in [4.78, 5) is 25.3. The van der Waals surface area contributed by atoms with Gasteiger partial charge in [-0.05, 0) is 60.7 Å². The van der Waals surface area contributed by atoms with Crippen molar-refractivity contribution in [1.82, 2.24) is 9.99 Å². The van der Waals surface area contributed by atoms with E-state index in [1.165, 1.54) is 23.2 Å². The topological polar surface area (TPSA) is 114 Å². The molecule has 4 rings (SSSR count). The van der Waals surface area contributed by atoms with Gasteiger partial charge in [-0.25, -0.2) is 18.6 Å². The van der Waals surface area contributed by atoms with Crippen LogP contribution in [-0.4, -0.2) is 24.8 Å². The SMILES string of the molecule is NS(=O)(=O)c1ccc(-n2cccc2/C=C2\C(=O)NN(c3cccc(Br)c3)C2=O)cc1. The van der Waals surface area contributed by atoms with Gasteiger partial charge in [-0.2, -0.15) is 0 Å². The lowest BCUT2D eigenvalue weighted by Gasteiger charge is -2.14. The van der Waals surface area contributed by atoms with E-state index in [0.29, 0.717) is 17.1 Å². The van der Waals surface area contributed by atoms with Gasteiger partial charge in [0.15, 0.2) is 0 Å². The van der Waals surface area contributed by atoms with Crippen molar-refractivity contribution in [2.75, 3.05) is 5.01 Å². The summed E-state index contributed by atoms with van der Waals surface area (Å²) in [5.41, 5.74) is 4.29. The first-order chi connectivity index (χ1) is 14.2. The highest BCUT2D eigenvalue weighted by Crippen LogP contribution is 2.25. The lowest BCUT2D eigenvalue weighted by molar-refractivity contribution is -0.117. The number of anilines is 1. The van der Waals surface area contributed by atoms with Crippen LogP contribution < -0.4 is 15.6 Å². The van der Waals surface area contributed by atoms with Crippen molar-refractivity contribution < 1.29 is 18.0 Å². The molecule has 0 atom stereocenters. The summed E-state index contributed by atoms with van der Waals surface area (Å²) < 4.78 is 25.4. The molecule has 1 aliphatic rings. The fraction of sp³-hybridized carbons (Fsp3) is 0. The van der Waals surface area contributed by atoms with E-state index in [0.717, 1.165) is 4.47 Å². The first kappa shape index (κ1) is 20.1. The molecule has 0 bridgehead atoms. The lowest BCUT2D eigenvalue weighted by atomic mass is 10.2.